The minimum Gasteiger partial charge on any atom is -0.495 e. The summed E-state index contributed by atoms with van der Waals surface area (Å²) < 4.78 is 18.5. The molecule has 0 radical (unpaired) electrons. The molecule has 2 aromatic rings. The van der Waals surface area contributed by atoms with Crippen molar-refractivity contribution in [3.63, 3.8) is 0 Å². The Morgan fingerprint density at radius 3 is 2.50 bits per heavy atom. The fourth-order valence-electron chi connectivity index (χ4n) is 2.05. The highest BCUT2D eigenvalue weighted by molar-refractivity contribution is 6.36. The molecule has 2 nitrogen and oxygen atoms in total. The van der Waals surface area contributed by atoms with E-state index in [2.05, 4.69) is 5.32 Å². The Morgan fingerprint density at radius 1 is 1.10 bits per heavy atom. The summed E-state index contributed by atoms with van der Waals surface area (Å²) in [6.07, 6.45) is 0. The predicted octanol–water partition coefficient (Wildman–Crippen LogP) is 4.53. The first kappa shape index (κ1) is 15.1. The topological polar surface area (TPSA) is 21.3 Å². The second kappa shape index (κ2) is 6.44. The third-order valence-electron chi connectivity index (χ3n) is 2.97. The van der Waals surface area contributed by atoms with Gasteiger partial charge in [0.05, 0.1) is 17.2 Å². The number of halogens is 3. The van der Waals surface area contributed by atoms with Crippen LogP contribution in [-0.2, 0) is 6.54 Å². The first-order valence-electron chi connectivity index (χ1n) is 6.03. The lowest BCUT2D eigenvalue weighted by Gasteiger charge is -2.13. The van der Waals surface area contributed by atoms with Gasteiger partial charge in [-0.1, -0.05) is 29.3 Å². The van der Waals surface area contributed by atoms with Crippen LogP contribution in [0.15, 0.2) is 30.3 Å². The third-order valence-corrected chi connectivity index (χ3v) is 3.57. The van der Waals surface area contributed by atoms with Crippen molar-refractivity contribution in [1.29, 1.82) is 0 Å². The molecule has 0 bridgehead atoms. The molecule has 0 amide bonds. The fourth-order valence-corrected chi connectivity index (χ4v) is 2.55. The Balaban J connectivity index is 2.59. The minimum absolute atomic E-state index is 0.283. The molecule has 0 aliphatic carbocycles. The van der Waals surface area contributed by atoms with Gasteiger partial charge in [0, 0.05) is 18.2 Å². The predicted molar refractivity (Wildman–Crippen MR) is 81.2 cm³/mol. The Bertz CT molecular complexity index is 632. The molecule has 106 valence electrons. The SMILES string of the molecule is CNCc1cc(F)ccc1-c1cc(Cl)c(OC)cc1Cl. The summed E-state index contributed by atoms with van der Waals surface area (Å²) in [6.45, 7) is 0.535. The number of ether oxygens (including phenoxy) is 1. The maximum Gasteiger partial charge on any atom is 0.138 e. The summed E-state index contributed by atoms with van der Waals surface area (Å²) in [6, 6.07) is 7.98. The zero-order valence-electron chi connectivity index (χ0n) is 11.1. The summed E-state index contributed by atoms with van der Waals surface area (Å²) in [5.74, 6) is 0.229. The van der Waals surface area contributed by atoms with Crippen molar-refractivity contribution in [2.24, 2.45) is 0 Å². The van der Waals surface area contributed by atoms with Crippen molar-refractivity contribution in [3.8, 4) is 16.9 Å². The molecule has 5 heteroatoms. The zero-order chi connectivity index (χ0) is 14.7. The molecular formula is C15H14Cl2FNO. The molecule has 1 N–H and O–H groups in total. The molecule has 0 fully saturated rings. The van der Waals surface area contributed by atoms with Crippen molar-refractivity contribution < 1.29 is 9.13 Å². The van der Waals surface area contributed by atoms with Crippen molar-refractivity contribution >= 4 is 23.2 Å². The number of methoxy groups -OCH3 is 1. The summed E-state index contributed by atoms with van der Waals surface area (Å²) in [7, 11) is 3.33. The van der Waals surface area contributed by atoms with Crippen molar-refractivity contribution in [3.05, 3.63) is 51.8 Å². The van der Waals surface area contributed by atoms with Gasteiger partial charge < -0.3 is 10.1 Å². The van der Waals surface area contributed by atoms with Crippen LogP contribution in [0, 0.1) is 5.82 Å². The number of nitrogens with one attached hydrogen (secondary N) is 1. The standard InChI is InChI=1S/C15H14Cl2FNO/c1-19-8-9-5-10(18)3-4-11(9)12-6-14(17)15(20-2)7-13(12)16/h3-7,19H,8H2,1-2H3. The van der Waals surface area contributed by atoms with E-state index in [-0.39, 0.29) is 5.82 Å². The highest BCUT2D eigenvalue weighted by atomic mass is 35.5. The molecule has 0 atom stereocenters. The molecule has 0 aromatic heterocycles. The highest BCUT2D eigenvalue weighted by Gasteiger charge is 2.13. The Morgan fingerprint density at radius 2 is 1.85 bits per heavy atom. The molecule has 0 saturated heterocycles. The van der Waals surface area contributed by atoms with Crippen LogP contribution in [0.5, 0.6) is 5.75 Å². The third kappa shape index (κ3) is 3.06. The smallest absolute Gasteiger partial charge is 0.138 e. The van der Waals surface area contributed by atoms with E-state index in [1.165, 1.54) is 19.2 Å². The van der Waals surface area contributed by atoms with Gasteiger partial charge in [0.2, 0.25) is 0 Å². The average Bonchev–Trinajstić information content (AvgIpc) is 2.42. The van der Waals surface area contributed by atoms with Gasteiger partial charge in [-0.2, -0.15) is 0 Å². The van der Waals surface area contributed by atoms with Crippen molar-refractivity contribution in [1.82, 2.24) is 5.32 Å². The lowest BCUT2D eigenvalue weighted by atomic mass is 9.99. The van der Waals surface area contributed by atoms with Gasteiger partial charge in [-0.05, 0) is 36.4 Å². The molecule has 0 aliphatic heterocycles. The Kier molecular flexibility index (Phi) is 4.86. The average molecular weight is 314 g/mol. The molecule has 2 aromatic carbocycles. The molecule has 0 heterocycles. The Hall–Kier alpha value is -1.29. The zero-order valence-corrected chi connectivity index (χ0v) is 12.6. The quantitative estimate of drug-likeness (QED) is 0.895. The van der Waals surface area contributed by atoms with E-state index < -0.39 is 0 Å². The number of hydrogen-bond donors (Lipinski definition) is 1. The number of hydrogen-bond acceptors (Lipinski definition) is 2. The first-order valence-corrected chi connectivity index (χ1v) is 6.79. The van der Waals surface area contributed by atoms with Gasteiger partial charge in [0.1, 0.15) is 11.6 Å². The Labute approximate surface area is 127 Å². The second-order valence-electron chi connectivity index (χ2n) is 4.30. The molecule has 20 heavy (non-hydrogen) atoms. The van der Waals surface area contributed by atoms with Gasteiger partial charge in [0.15, 0.2) is 0 Å². The van der Waals surface area contributed by atoms with Crippen LogP contribution in [-0.4, -0.2) is 14.2 Å². The van der Waals surface area contributed by atoms with Crippen LogP contribution in [0.3, 0.4) is 0 Å². The largest absolute Gasteiger partial charge is 0.495 e. The van der Waals surface area contributed by atoms with E-state index in [1.54, 1.807) is 25.2 Å². The number of rotatable bonds is 4. The van der Waals surface area contributed by atoms with E-state index >= 15 is 0 Å². The van der Waals surface area contributed by atoms with E-state index in [4.69, 9.17) is 27.9 Å². The highest BCUT2D eigenvalue weighted by Crippen LogP contribution is 2.38. The van der Waals surface area contributed by atoms with Crippen LogP contribution in [0.2, 0.25) is 10.0 Å². The molecule has 0 unspecified atom stereocenters. The van der Waals surface area contributed by atoms with Gasteiger partial charge in [0.25, 0.3) is 0 Å². The first-order chi connectivity index (χ1) is 9.56. The van der Waals surface area contributed by atoms with Crippen LogP contribution in [0.25, 0.3) is 11.1 Å². The lowest BCUT2D eigenvalue weighted by Crippen LogP contribution is -2.07. The summed E-state index contributed by atoms with van der Waals surface area (Å²) in [5, 5.41) is 3.98. The van der Waals surface area contributed by atoms with Gasteiger partial charge in [-0.3, -0.25) is 0 Å². The lowest BCUT2D eigenvalue weighted by molar-refractivity contribution is 0.415. The maximum absolute atomic E-state index is 13.4. The molecule has 0 aliphatic rings. The molecule has 0 spiro atoms. The monoisotopic (exact) mass is 313 g/mol. The van der Waals surface area contributed by atoms with Gasteiger partial charge in [-0.15, -0.1) is 0 Å². The fraction of sp³-hybridized carbons (Fsp3) is 0.200. The van der Waals surface area contributed by atoms with Gasteiger partial charge >= 0.3 is 0 Å². The second-order valence-corrected chi connectivity index (χ2v) is 5.11. The van der Waals surface area contributed by atoms with Crippen LogP contribution in [0.1, 0.15) is 5.56 Å². The van der Waals surface area contributed by atoms with Crippen molar-refractivity contribution in [2.45, 2.75) is 6.54 Å². The van der Waals surface area contributed by atoms with Crippen molar-refractivity contribution in [2.75, 3.05) is 14.2 Å². The van der Waals surface area contributed by atoms with Crippen LogP contribution >= 0.6 is 23.2 Å². The molecular weight excluding hydrogens is 300 g/mol. The van der Waals surface area contributed by atoms with Gasteiger partial charge in [-0.25, -0.2) is 4.39 Å². The normalized spacial score (nSPS) is 10.7. The summed E-state index contributed by atoms with van der Waals surface area (Å²) in [5.41, 5.74) is 2.41. The summed E-state index contributed by atoms with van der Waals surface area (Å²) >= 11 is 12.4. The summed E-state index contributed by atoms with van der Waals surface area (Å²) in [4.78, 5) is 0. The van der Waals surface area contributed by atoms with E-state index in [0.717, 1.165) is 16.7 Å². The van der Waals surface area contributed by atoms with E-state index in [1.807, 2.05) is 0 Å². The van der Waals surface area contributed by atoms with E-state index in [9.17, 15) is 4.39 Å². The molecule has 0 saturated carbocycles. The van der Waals surface area contributed by atoms with Crippen LogP contribution < -0.4 is 10.1 Å². The maximum atomic E-state index is 13.4. The van der Waals surface area contributed by atoms with E-state index in [0.29, 0.717) is 22.3 Å². The number of benzene rings is 2. The minimum atomic E-state index is -0.283. The van der Waals surface area contributed by atoms with Crippen LogP contribution in [0.4, 0.5) is 4.39 Å². The molecule has 2 rings (SSSR count).